The molecule has 166 valence electrons. The van der Waals surface area contributed by atoms with E-state index in [1.807, 2.05) is 31.2 Å². The average molecular weight is 434 g/mol. The van der Waals surface area contributed by atoms with Gasteiger partial charge in [0.15, 0.2) is 0 Å². The molecule has 1 amide bonds. The number of likely N-dealkylation sites (tertiary alicyclic amines) is 1. The van der Waals surface area contributed by atoms with Crippen LogP contribution in [-0.2, 0) is 11.3 Å². The minimum atomic E-state index is -0.256. The molecule has 1 fully saturated rings. The van der Waals surface area contributed by atoms with Crippen molar-refractivity contribution in [2.75, 3.05) is 25.0 Å². The summed E-state index contributed by atoms with van der Waals surface area (Å²) in [4.78, 5) is 23.6. The number of carbonyl (C=O) groups is 1. The van der Waals surface area contributed by atoms with Gasteiger partial charge in [-0.05, 0) is 74.8 Å². The predicted octanol–water partition coefficient (Wildman–Crippen LogP) is 4.16. The monoisotopic (exact) mass is 433 g/mol. The highest BCUT2D eigenvalue weighted by molar-refractivity contribution is 5.78. The summed E-state index contributed by atoms with van der Waals surface area (Å²) in [6.45, 7) is 4.49. The standard InChI is InChI=1S/C25H28FN5O/c1-18-13-23(30-21-9-7-20(26)8-10-21)14-24(29-18)19-5-4-12-31(16-19)17-25(32)28-15-22-6-2-3-11-27-22/h2-3,6-11,13-14,19H,4-5,12,15-17H2,1H3,(H,28,32)(H,29,30). The Balaban J connectivity index is 1.36. The van der Waals surface area contributed by atoms with Crippen LogP contribution in [0.2, 0.25) is 0 Å². The fraction of sp³-hybridized carbons (Fsp3) is 0.320. The number of hydrogen-bond acceptors (Lipinski definition) is 5. The number of halogens is 1. The third-order valence-corrected chi connectivity index (χ3v) is 5.59. The quantitative estimate of drug-likeness (QED) is 0.585. The number of anilines is 2. The molecule has 1 aromatic carbocycles. The molecule has 0 saturated carbocycles. The SMILES string of the molecule is Cc1cc(Nc2ccc(F)cc2)cc(C2CCCN(CC(=O)NCc3ccccn3)C2)n1. The fourth-order valence-corrected chi connectivity index (χ4v) is 4.07. The molecule has 4 rings (SSSR count). The Morgan fingerprint density at radius 2 is 2.00 bits per heavy atom. The Labute approximate surface area is 187 Å². The van der Waals surface area contributed by atoms with Crippen molar-refractivity contribution in [1.29, 1.82) is 0 Å². The highest BCUT2D eigenvalue weighted by atomic mass is 19.1. The first-order valence-corrected chi connectivity index (χ1v) is 11.0. The van der Waals surface area contributed by atoms with Crippen molar-refractivity contribution in [1.82, 2.24) is 20.2 Å². The second-order valence-electron chi connectivity index (χ2n) is 8.23. The van der Waals surface area contributed by atoms with Crippen molar-refractivity contribution in [3.8, 4) is 0 Å². The summed E-state index contributed by atoms with van der Waals surface area (Å²) in [5.74, 6) is 0.0155. The molecule has 7 heteroatoms. The van der Waals surface area contributed by atoms with Crippen molar-refractivity contribution < 1.29 is 9.18 Å². The van der Waals surface area contributed by atoms with E-state index in [4.69, 9.17) is 4.98 Å². The van der Waals surface area contributed by atoms with Crippen LogP contribution in [-0.4, -0.2) is 40.4 Å². The van der Waals surface area contributed by atoms with Crippen molar-refractivity contribution in [2.45, 2.75) is 32.2 Å². The predicted molar refractivity (Wildman–Crippen MR) is 123 cm³/mol. The molecule has 3 aromatic rings. The minimum absolute atomic E-state index is 0.00664. The summed E-state index contributed by atoms with van der Waals surface area (Å²) in [6.07, 6.45) is 3.79. The van der Waals surface area contributed by atoms with Gasteiger partial charge in [-0.3, -0.25) is 19.7 Å². The van der Waals surface area contributed by atoms with Crippen LogP contribution in [0.3, 0.4) is 0 Å². The van der Waals surface area contributed by atoms with Gasteiger partial charge < -0.3 is 10.6 Å². The Morgan fingerprint density at radius 3 is 2.78 bits per heavy atom. The van der Waals surface area contributed by atoms with E-state index in [1.165, 1.54) is 12.1 Å². The van der Waals surface area contributed by atoms with Crippen LogP contribution in [0, 0.1) is 12.7 Å². The molecule has 2 N–H and O–H groups in total. The van der Waals surface area contributed by atoms with Gasteiger partial charge in [-0.1, -0.05) is 6.07 Å². The van der Waals surface area contributed by atoms with Gasteiger partial charge in [-0.25, -0.2) is 4.39 Å². The van der Waals surface area contributed by atoms with E-state index >= 15 is 0 Å². The fourth-order valence-electron chi connectivity index (χ4n) is 4.07. The van der Waals surface area contributed by atoms with Gasteiger partial charge in [0.05, 0.1) is 18.8 Å². The van der Waals surface area contributed by atoms with Crippen LogP contribution in [0.15, 0.2) is 60.8 Å². The van der Waals surface area contributed by atoms with E-state index in [-0.39, 0.29) is 17.6 Å². The second-order valence-corrected chi connectivity index (χ2v) is 8.23. The van der Waals surface area contributed by atoms with Gasteiger partial charge in [0.1, 0.15) is 5.82 Å². The van der Waals surface area contributed by atoms with E-state index in [1.54, 1.807) is 18.3 Å². The van der Waals surface area contributed by atoms with Gasteiger partial charge in [-0.15, -0.1) is 0 Å². The lowest BCUT2D eigenvalue weighted by Gasteiger charge is -2.32. The molecule has 2 aromatic heterocycles. The second kappa shape index (κ2) is 10.3. The summed E-state index contributed by atoms with van der Waals surface area (Å²) in [6, 6.07) is 16.0. The summed E-state index contributed by atoms with van der Waals surface area (Å²) in [5, 5.41) is 6.29. The van der Waals surface area contributed by atoms with Crippen LogP contribution in [0.1, 0.15) is 35.8 Å². The molecule has 6 nitrogen and oxygen atoms in total. The average Bonchev–Trinajstić information content (AvgIpc) is 2.80. The van der Waals surface area contributed by atoms with Gasteiger partial charge in [0, 0.05) is 41.4 Å². The normalized spacial score (nSPS) is 16.5. The molecular weight excluding hydrogens is 405 g/mol. The maximum absolute atomic E-state index is 13.2. The Morgan fingerprint density at radius 1 is 1.16 bits per heavy atom. The molecule has 0 spiro atoms. The van der Waals surface area contributed by atoms with Crippen LogP contribution in [0.25, 0.3) is 0 Å². The topological polar surface area (TPSA) is 70.2 Å². The van der Waals surface area contributed by atoms with Crippen LogP contribution in [0.4, 0.5) is 15.8 Å². The Hall–Kier alpha value is -3.32. The smallest absolute Gasteiger partial charge is 0.234 e. The zero-order chi connectivity index (χ0) is 22.3. The summed E-state index contributed by atoms with van der Waals surface area (Å²) < 4.78 is 13.2. The van der Waals surface area contributed by atoms with E-state index in [9.17, 15) is 9.18 Å². The number of aromatic nitrogens is 2. The number of rotatable bonds is 7. The molecule has 1 saturated heterocycles. The van der Waals surface area contributed by atoms with Crippen molar-refractivity contribution in [2.24, 2.45) is 0 Å². The molecule has 32 heavy (non-hydrogen) atoms. The number of aryl methyl sites for hydroxylation is 1. The zero-order valence-electron chi connectivity index (χ0n) is 18.2. The molecule has 1 aliphatic rings. The number of benzene rings is 1. The summed E-state index contributed by atoms with van der Waals surface area (Å²) >= 11 is 0. The molecule has 1 atom stereocenters. The van der Waals surface area contributed by atoms with E-state index < -0.39 is 0 Å². The molecule has 1 aliphatic heterocycles. The summed E-state index contributed by atoms with van der Waals surface area (Å²) in [7, 11) is 0. The Kier molecular flexibility index (Phi) is 7.07. The number of hydrogen-bond donors (Lipinski definition) is 2. The highest BCUT2D eigenvalue weighted by Gasteiger charge is 2.24. The lowest BCUT2D eigenvalue weighted by Crippen LogP contribution is -2.42. The first-order chi connectivity index (χ1) is 15.5. The lowest BCUT2D eigenvalue weighted by atomic mass is 9.93. The van der Waals surface area contributed by atoms with Crippen LogP contribution in [0.5, 0.6) is 0 Å². The number of amides is 1. The minimum Gasteiger partial charge on any atom is -0.355 e. The Bertz CT molecular complexity index is 1040. The first-order valence-electron chi connectivity index (χ1n) is 11.0. The van der Waals surface area contributed by atoms with Gasteiger partial charge in [0.25, 0.3) is 0 Å². The molecule has 3 heterocycles. The van der Waals surface area contributed by atoms with Crippen molar-refractivity contribution >= 4 is 17.3 Å². The molecular formula is C25H28FN5O. The third kappa shape index (κ3) is 6.11. The maximum atomic E-state index is 13.2. The lowest BCUT2D eigenvalue weighted by molar-refractivity contribution is -0.122. The van der Waals surface area contributed by atoms with E-state index in [0.717, 1.165) is 54.4 Å². The molecule has 0 radical (unpaired) electrons. The van der Waals surface area contributed by atoms with Crippen molar-refractivity contribution in [3.05, 3.63) is 83.7 Å². The number of pyridine rings is 2. The van der Waals surface area contributed by atoms with Crippen LogP contribution >= 0.6 is 0 Å². The molecule has 0 aliphatic carbocycles. The molecule has 0 bridgehead atoms. The molecule has 1 unspecified atom stereocenters. The largest absolute Gasteiger partial charge is 0.355 e. The highest BCUT2D eigenvalue weighted by Crippen LogP contribution is 2.28. The number of nitrogens with one attached hydrogen (secondary N) is 2. The number of piperidine rings is 1. The maximum Gasteiger partial charge on any atom is 0.234 e. The first kappa shape index (κ1) is 21.9. The van der Waals surface area contributed by atoms with Crippen LogP contribution < -0.4 is 10.6 Å². The van der Waals surface area contributed by atoms with Gasteiger partial charge >= 0.3 is 0 Å². The van der Waals surface area contributed by atoms with Gasteiger partial charge in [0.2, 0.25) is 5.91 Å². The summed E-state index contributed by atoms with van der Waals surface area (Å²) in [5.41, 5.74) is 4.56. The number of nitrogens with zero attached hydrogens (tertiary/aromatic N) is 3. The third-order valence-electron chi connectivity index (χ3n) is 5.59. The number of carbonyl (C=O) groups excluding carboxylic acids is 1. The van der Waals surface area contributed by atoms with E-state index in [2.05, 4.69) is 26.6 Å². The van der Waals surface area contributed by atoms with E-state index in [0.29, 0.717) is 13.1 Å². The van der Waals surface area contributed by atoms with Gasteiger partial charge in [-0.2, -0.15) is 0 Å². The van der Waals surface area contributed by atoms with Crippen molar-refractivity contribution in [3.63, 3.8) is 0 Å². The zero-order valence-corrected chi connectivity index (χ0v) is 18.2.